The minimum atomic E-state index is -1.35. The van der Waals surface area contributed by atoms with Crippen molar-refractivity contribution in [2.45, 2.75) is 79.9 Å². The van der Waals surface area contributed by atoms with Crippen molar-refractivity contribution in [1.82, 2.24) is 24.5 Å². The zero-order valence-electron chi connectivity index (χ0n) is 39.0. The van der Waals surface area contributed by atoms with E-state index < -0.39 is 8.07 Å². The Morgan fingerprint density at radius 3 is 2.11 bits per heavy atom. The molecule has 0 aliphatic carbocycles. The Hall–Kier alpha value is -6.05. The summed E-state index contributed by atoms with van der Waals surface area (Å²) < 4.78 is 8.75. The summed E-state index contributed by atoms with van der Waals surface area (Å²) in [7, 11) is -1.35. The third-order valence-corrected chi connectivity index (χ3v) is 14.0. The Morgan fingerprint density at radius 1 is 0.692 bits per heavy atom. The number of hydrogen-bond donors (Lipinski definition) is 0. The molecule has 0 bridgehead atoms. The summed E-state index contributed by atoms with van der Waals surface area (Å²) >= 11 is 0. The van der Waals surface area contributed by atoms with E-state index in [0.29, 0.717) is 11.6 Å². The van der Waals surface area contributed by atoms with Crippen LogP contribution < -0.4 is 5.19 Å². The number of nitrogens with zero attached hydrogens (tertiary/aromatic N) is 5. The molecule has 0 aliphatic rings. The predicted octanol–water partition coefficient (Wildman–Crippen LogP) is 14.2. The van der Waals surface area contributed by atoms with Crippen LogP contribution in [-0.2, 0) is 31.9 Å². The Bertz CT molecular complexity index is 3320. The number of rotatable bonds is 7. The standard InChI is InChI=1S/C38H29N4O.C19H26NSi.Ir/c1-23-13-18-29-31(39-23)20-21-32-34(29)42(26-16-14-25(15-17-26)24-9-6-5-7-10-24)36(40-32)30-12-8-11-27-28-19-22-33(38(2,3)4)41-37(28)43-35(27)30;1-14(2)11-16-12-18(17-10-8-7-9-15(17)3)20-13-19(16)21(4,5)6;/h5-11,13-22H,1-4H3;7-9,12-14H,11H2,1-6H3;/q2*-1;. The fraction of sp³-hybridized carbons (Fsp3) is 0.228. The summed E-state index contributed by atoms with van der Waals surface area (Å²) in [4.78, 5) is 19.7. The van der Waals surface area contributed by atoms with Gasteiger partial charge in [-0.2, -0.15) is 0 Å². The van der Waals surface area contributed by atoms with Crippen molar-refractivity contribution in [2.75, 3.05) is 0 Å². The molecule has 8 heteroatoms. The monoisotopic (exact) mass is 1050 g/mol. The number of hydrogen-bond acceptors (Lipinski definition) is 5. The predicted molar refractivity (Wildman–Crippen MR) is 269 cm³/mol. The van der Waals surface area contributed by atoms with Gasteiger partial charge in [-0.25, -0.2) is 4.98 Å². The van der Waals surface area contributed by atoms with E-state index in [-0.39, 0.29) is 25.5 Å². The normalized spacial score (nSPS) is 11.9. The Labute approximate surface area is 397 Å². The zero-order valence-corrected chi connectivity index (χ0v) is 42.4. The summed E-state index contributed by atoms with van der Waals surface area (Å²) in [6.07, 6.45) is 3.25. The second kappa shape index (κ2) is 18.1. The van der Waals surface area contributed by atoms with Gasteiger partial charge in [-0.05, 0) is 89.8 Å². The first-order valence-corrected chi connectivity index (χ1v) is 25.8. The van der Waals surface area contributed by atoms with Crippen molar-refractivity contribution in [3.8, 4) is 39.5 Å². The molecule has 1 radical (unpaired) electrons. The SMILES string of the molecule is Cc1ccc2c(ccc3nc(-c4[c-]ccc5c4oc4nc(C(C)(C)C)ccc45)n(-c4ccc(-c5ccccc5)cc4)c32)n1.Cc1ccc[c-]c1-c1cc(CC(C)C)c([Si](C)(C)C)cn1.[Ir]. The van der Waals surface area contributed by atoms with Gasteiger partial charge in [0, 0.05) is 59.6 Å². The minimum absolute atomic E-state index is 0. The maximum Gasteiger partial charge on any atom is 0.216 e. The maximum absolute atomic E-state index is 6.53. The van der Waals surface area contributed by atoms with Crippen molar-refractivity contribution in [3.63, 3.8) is 0 Å². The fourth-order valence-electron chi connectivity index (χ4n) is 8.65. The molecular formula is C57H55IrN5OSi-2. The van der Waals surface area contributed by atoms with Crippen LogP contribution in [0.25, 0.3) is 83.5 Å². The first-order valence-electron chi connectivity index (χ1n) is 22.3. The van der Waals surface area contributed by atoms with Crippen molar-refractivity contribution in [2.24, 2.45) is 5.92 Å². The molecule has 329 valence electrons. The number of benzene rings is 5. The molecule has 0 amide bonds. The van der Waals surface area contributed by atoms with E-state index in [1.807, 2.05) is 43.3 Å². The summed E-state index contributed by atoms with van der Waals surface area (Å²) in [6, 6.07) is 50.8. The number of furan rings is 1. The van der Waals surface area contributed by atoms with Gasteiger partial charge in [-0.3, -0.25) is 9.97 Å². The molecule has 5 aromatic carbocycles. The van der Waals surface area contributed by atoms with Gasteiger partial charge in [0.2, 0.25) is 5.71 Å². The van der Waals surface area contributed by atoms with Crippen LogP contribution in [0.3, 0.4) is 0 Å². The fourth-order valence-corrected chi connectivity index (χ4v) is 10.2. The Balaban J connectivity index is 0.000000222. The summed E-state index contributed by atoms with van der Waals surface area (Å²) in [5.41, 5.74) is 15.1. The Kier molecular flexibility index (Phi) is 12.7. The van der Waals surface area contributed by atoms with Crippen LogP contribution in [0.15, 0.2) is 138 Å². The molecule has 10 aromatic rings. The first kappa shape index (κ1) is 45.5. The van der Waals surface area contributed by atoms with Gasteiger partial charge in [0.25, 0.3) is 0 Å². The minimum Gasteiger partial charge on any atom is -0.486 e. The number of imidazole rings is 1. The Morgan fingerprint density at radius 2 is 1.40 bits per heavy atom. The van der Waals surface area contributed by atoms with Crippen LogP contribution in [0, 0.1) is 31.9 Å². The van der Waals surface area contributed by atoms with E-state index in [2.05, 4.69) is 175 Å². The van der Waals surface area contributed by atoms with Crippen LogP contribution in [-0.4, -0.2) is 32.6 Å². The van der Waals surface area contributed by atoms with Gasteiger partial charge in [-0.1, -0.05) is 126 Å². The van der Waals surface area contributed by atoms with Crippen molar-refractivity contribution >= 4 is 57.3 Å². The van der Waals surface area contributed by atoms with E-state index in [4.69, 9.17) is 24.4 Å². The molecule has 5 heterocycles. The number of aryl methyl sites for hydroxylation is 2. The van der Waals surface area contributed by atoms with Crippen LogP contribution in [0.4, 0.5) is 0 Å². The quantitative estimate of drug-likeness (QED) is 0.117. The average Bonchev–Trinajstić information content (AvgIpc) is 3.85. The molecule has 6 nitrogen and oxygen atoms in total. The van der Waals surface area contributed by atoms with Gasteiger partial charge in [0.1, 0.15) is 0 Å². The molecule has 0 spiro atoms. The van der Waals surface area contributed by atoms with E-state index in [1.54, 1.807) is 0 Å². The molecule has 0 saturated carbocycles. The first-order chi connectivity index (χ1) is 30.6. The average molecular weight is 1050 g/mol. The molecule has 5 aromatic heterocycles. The zero-order chi connectivity index (χ0) is 44.9. The third-order valence-electron chi connectivity index (χ3n) is 11.9. The molecule has 0 saturated heterocycles. The van der Waals surface area contributed by atoms with Crippen molar-refractivity contribution in [1.29, 1.82) is 0 Å². The molecule has 0 aliphatic heterocycles. The van der Waals surface area contributed by atoms with Crippen molar-refractivity contribution in [3.05, 3.63) is 168 Å². The summed E-state index contributed by atoms with van der Waals surface area (Å²) in [5.74, 6) is 1.42. The van der Waals surface area contributed by atoms with E-state index >= 15 is 0 Å². The molecule has 10 rings (SSSR count). The van der Waals surface area contributed by atoms with Gasteiger partial charge in [0.05, 0.1) is 36.0 Å². The smallest absolute Gasteiger partial charge is 0.216 e. The summed E-state index contributed by atoms with van der Waals surface area (Å²) in [5, 5.41) is 4.52. The van der Waals surface area contributed by atoms with Crippen LogP contribution in [0.5, 0.6) is 0 Å². The van der Waals surface area contributed by atoms with Crippen LogP contribution in [0.2, 0.25) is 19.6 Å². The number of fused-ring (bicyclic) bond motifs is 6. The molecule has 0 fully saturated rings. The second-order valence-electron chi connectivity index (χ2n) is 19.4. The molecular weight excluding hydrogens is 991 g/mol. The topological polar surface area (TPSA) is 69.6 Å². The van der Waals surface area contributed by atoms with Gasteiger partial charge in [0.15, 0.2) is 0 Å². The van der Waals surface area contributed by atoms with Crippen LogP contribution >= 0.6 is 0 Å². The van der Waals surface area contributed by atoms with Crippen molar-refractivity contribution < 1.29 is 24.5 Å². The van der Waals surface area contributed by atoms with Gasteiger partial charge in [-0.15, -0.1) is 53.6 Å². The van der Waals surface area contributed by atoms with Gasteiger partial charge < -0.3 is 14.0 Å². The number of aromatic nitrogens is 5. The van der Waals surface area contributed by atoms with Crippen LogP contribution in [0.1, 0.15) is 57.1 Å². The third kappa shape index (κ3) is 9.13. The van der Waals surface area contributed by atoms with Gasteiger partial charge >= 0.3 is 0 Å². The molecule has 0 atom stereocenters. The molecule has 0 unspecified atom stereocenters. The largest absolute Gasteiger partial charge is 0.486 e. The number of pyridine rings is 3. The maximum atomic E-state index is 6.53. The van der Waals surface area contributed by atoms with E-state index in [0.717, 1.165) is 90.0 Å². The second-order valence-corrected chi connectivity index (χ2v) is 24.5. The summed E-state index contributed by atoms with van der Waals surface area (Å²) in [6.45, 7) is 22.4. The molecule has 0 N–H and O–H groups in total. The molecule has 65 heavy (non-hydrogen) atoms. The van der Waals surface area contributed by atoms with E-state index in [1.165, 1.54) is 21.9 Å². The van der Waals surface area contributed by atoms with E-state index in [9.17, 15) is 0 Å².